The van der Waals surface area contributed by atoms with Crippen molar-refractivity contribution in [3.8, 4) is 0 Å². The van der Waals surface area contributed by atoms with Crippen molar-refractivity contribution in [2.24, 2.45) is 11.3 Å². The molecule has 3 saturated heterocycles. The third-order valence-electron chi connectivity index (χ3n) is 6.47. The van der Waals surface area contributed by atoms with E-state index < -0.39 is 5.41 Å². The quantitative estimate of drug-likeness (QED) is 0.772. The zero-order valence-corrected chi connectivity index (χ0v) is 15.5. The molecule has 0 spiro atoms. The molecule has 0 N–H and O–H groups in total. The van der Waals surface area contributed by atoms with Gasteiger partial charge < -0.3 is 14.4 Å². The highest BCUT2D eigenvalue weighted by Gasteiger charge is 2.57. The maximum atomic E-state index is 13.4. The summed E-state index contributed by atoms with van der Waals surface area (Å²) in [6.07, 6.45) is 2.11. The van der Waals surface area contributed by atoms with E-state index in [1.807, 2.05) is 13.0 Å². The zero-order chi connectivity index (χ0) is 18.3. The molecule has 142 valence electrons. The fourth-order valence-electron chi connectivity index (χ4n) is 4.99. The molecule has 2 atom stereocenters. The van der Waals surface area contributed by atoms with Gasteiger partial charge >= 0.3 is 5.97 Å². The Kier molecular flexibility index (Phi) is 4.65. The number of carbonyl (C=O) groups excluding carboxylic acids is 1. The fourth-order valence-corrected chi connectivity index (χ4v) is 4.99. The number of piperidine rings is 1. The molecule has 0 aromatic heterocycles. The van der Waals surface area contributed by atoms with Crippen LogP contribution in [0.1, 0.15) is 18.4 Å². The number of rotatable bonds is 3. The number of carbonyl (C=O) groups is 1. The van der Waals surface area contributed by atoms with E-state index in [4.69, 9.17) is 9.47 Å². The number of esters is 1. The summed E-state index contributed by atoms with van der Waals surface area (Å²) in [4.78, 5) is 17.2. The van der Waals surface area contributed by atoms with Gasteiger partial charge in [0.2, 0.25) is 0 Å². The maximum Gasteiger partial charge on any atom is 0.315 e. The van der Waals surface area contributed by atoms with Crippen LogP contribution in [0.15, 0.2) is 18.2 Å². The lowest BCUT2D eigenvalue weighted by Crippen LogP contribution is -2.46. The number of fused-ring (bicyclic) bond motifs is 1. The first-order valence-electron chi connectivity index (χ1n) is 9.45. The standard InChI is InChI=1S/C20H27FN2O3/c1-14-9-16(21)3-4-18(14)22-7-5-17(6-8-22)23-10-15-11-26-13-20(15,12-23)19(24)25-2/h3-4,9,15,17H,5-8,10-13H2,1-2H3/t15-,20-/m0/s1. The minimum atomic E-state index is -0.473. The van der Waals surface area contributed by atoms with Gasteiger partial charge in [-0.15, -0.1) is 0 Å². The molecule has 1 aromatic rings. The molecule has 6 heteroatoms. The number of anilines is 1. The molecule has 1 aromatic carbocycles. The number of likely N-dealkylation sites (tertiary alicyclic amines) is 1. The Hall–Kier alpha value is -1.66. The number of nitrogens with zero attached hydrogens (tertiary/aromatic N) is 2. The third kappa shape index (κ3) is 2.89. The van der Waals surface area contributed by atoms with Crippen molar-refractivity contribution >= 4 is 11.7 Å². The van der Waals surface area contributed by atoms with Gasteiger partial charge in [-0.3, -0.25) is 9.69 Å². The average Bonchev–Trinajstić information content (AvgIpc) is 3.19. The predicted octanol–water partition coefficient (Wildman–Crippen LogP) is 2.22. The Bertz CT molecular complexity index is 690. The Labute approximate surface area is 154 Å². The topological polar surface area (TPSA) is 42.0 Å². The summed E-state index contributed by atoms with van der Waals surface area (Å²) in [6.45, 7) is 6.67. The van der Waals surface area contributed by atoms with Gasteiger partial charge in [0.1, 0.15) is 11.2 Å². The summed E-state index contributed by atoms with van der Waals surface area (Å²) in [7, 11) is 1.47. The molecule has 0 bridgehead atoms. The van der Waals surface area contributed by atoms with Crippen molar-refractivity contribution in [1.82, 2.24) is 4.90 Å². The minimum absolute atomic E-state index is 0.123. The van der Waals surface area contributed by atoms with Crippen molar-refractivity contribution in [1.29, 1.82) is 0 Å². The number of halogens is 1. The van der Waals surface area contributed by atoms with Crippen LogP contribution in [0.3, 0.4) is 0 Å². The molecule has 0 aliphatic carbocycles. The van der Waals surface area contributed by atoms with Crippen molar-refractivity contribution in [3.05, 3.63) is 29.6 Å². The highest BCUT2D eigenvalue weighted by molar-refractivity contribution is 5.78. The van der Waals surface area contributed by atoms with Gasteiger partial charge in [-0.1, -0.05) is 0 Å². The van der Waals surface area contributed by atoms with E-state index in [0.29, 0.717) is 19.3 Å². The summed E-state index contributed by atoms with van der Waals surface area (Å²) in [6, 6.07) is 5.51. The van der Waals surface area contributed by atoms with Gasteiger partial charge in [0, 0.05) is 43.8 Å². The van der Waals surface area contributed by atoms with Gasteiger partial charge in [0.25, 0.3) is 0 Å². The smallest absolute Gasteiger partial charge is 0.315 e. The van der Waals surface area contributed by atoms with Crippen LogP contribution in [0.25, 0.3) is 0 Å². The summed E-state index contributed by atoms with van der Waals surface area (Å²) in [5.41, 5.74) is 1.64. The monoisotopic (exact) mass is 362 g/mol. The van der Waals surface area contributed by atoms with Crippen molar-refractivity contribution in [2.75, 3.05) is 51.4 Å². The van der Waals surface area contributed by atoms with Crippen LogP contribution < -0.4 is 4.90 Å². The van der Waals surface area contributed by atoms with Gasteiger partial charge in [0.15, 0.2) is 0 Å². The van der Waals surface area contributed by atoms with Crippen LogP contribution in [-0.4, -0.2) is 63.4 Å². The first-order chi connectivity index (χ1) is 12.5. The molecule has 26 heavy (non-hydrogen) atoms. The molecule has 3 aliphatic heterocycles. The molecule has 0 radical (unpaired) electrons. The summed E-state index contributed by atoms with van der Waals surface area (Å²) in [5.74, 6) is -0.0609. The van der Waals surface area contributed by atoms with Gasteiger partial charge in [-0.2, -0.15) is 0 Å². The van der Waals surface area contributed by atoms with E-state index in [0.717, 1.165) is 50.3 Å². The minimum Gasteiger partial charge on any atom is -0.468 e. The lowest BCUT2D eigenvalue weighted by molar-refractivity contribution is -0.153. The SMILES string of the molecule is COC(=O)[C@@]12COC[C@@H]1CN(C1CCN(c3ccc(F)cc3C)CC1)C2. The average molecular weight is 362 g/mol. The molecule has 0 amide bonds. The lowest BCUT2D eigenvalue weighted by Gasteiger charge is -2.39. The van der Waals surface area contributed by atoms with Crippen molar-refractivity contribution in [3.63, 3.8) is 0 Å². The Morgan fingerprint density at radius 1 is 1.35 bits per heavy atom. The maximum absolute atomic E-state index is 13.4. The molecular formula is C20H27FN2O3. The highest BCUT2D eigenvalue weighted by Crippen LogP contribution is 2.44. The Morgan fingerprint density at radius 3 is 2.81 bits per heavy atom. The molecule has 5 nitrogen and oxygen atoms in total. The number of benzene rings is 1. The third-order valence-corrected chi connectivity index (χ3v) is 6.47. The van der Waals surface area contributed by atoms with Gasteiger partial charge in [-0.25, -0.2) is 4.39 Å². The Balaban J connectivity index is 1.40. The number of methoxy groups -OCH3 is 1. The largest absolute Gasteiger partial charge is 0.468 e. The normalized spacial score (nSPS) is 29.8. The van der Waals surface area contributed by atoms with E-state index in [1.165, 1.54) is 13.2 Å². The van der Waals surface area contributed by atoms with Crippen LogP contribution in [0.2, 0.25) is 0 Å². The molecule has 0 unspecified atom stereocenters. The Morgan fingerprint density at radius 2 is 2.12 bits per heavy atom. The molecule has 3 heterocycles. The van der Waals surface area contributed by atoms with Crippen LogP contribution >= 0.6 is 0 Å². The number of hydrogen-bond donors (Lipinski definition) is 0. The van der Waals surface area contributed by atoms with E-state index in [1.54, 1.807) is 6.07 Å². The van der Waals surface area contributed by atoms with E-state index >= 15 is 0 Å². The second kappa shape index (κ2) is 6.82. The second-order valence-electron chi connectivity index (χ2n) is 7.94. The number of aryl methyl sites for hydroxylation is 1. The number of ether oxygens (including phenoxy) is 2. The van der Waals surface area contributed by atoms with Gasteiger partial charge in [-0.05, 0) is 43.5 Å². The summed E-state index contributed by atoms with van der Waals surface area (Å²) in [5, 5.41) is 0. The van der Waals surface area contributed by atoms with Crippen LogP contribution in [-0.2, 0) is 14.3 Å². The van der Waals surface area contributed by atoms with Crippen molar-refractivity contribution in [2.45, 2.75) is 25.8 Å². The van der Waals surface area contributed by atoms with E-state index in [2.05, 4.69) is 9.80 Å². The first-order valence-corrected chi connectivity index (χ1v) is 9.45. The highest BCUT2D eigenvalue weighted by atomic mass is 19.1. The molecule has 0 saturated carbocycles. The van der Waals surface area contributed by atoms with Gasteiger partial charge in [0.05, 0.1) is 20.3 Å². The second-order valence-corrected chi connectivity index (χ2v) is 7.94. The molecular weight excluding hydrogens is 335 g/mol. The van der Waals surface area contributed by atoms with E-state index in [9.17, 15) is 9.18 Å². The zero-order valence-electron chi connectivity index (χ0n) is 15.5. The van der Waals surface area contributed by atoms with Crippen LogP contribution in [0, 0.1) is 24.1 Å². The molecule has 4 rings (SSSR count). The molecule has 3 aliphatic rings. The predicted molar refractivity (Wildman–Crippen MR) is 96.7 cm³/mol. The summed E-state index contributed by atoms with van der Waals surface area (Å²) >= 11 is 0. The summed E-state index contributed by atoms with van der Waals surface area (Å²) < 4.78 is 24.0. The fraction of sp³-hybridized carbons (Fsp3) is 0.650. The first kappa shape index (κ1) is 17.7. The van der Waals surface area contributed by atoms with E-state index in [-0.39, 0.29) is 17.7 Å². The lowest BCUT2D eigenvalue weighted by atomic mass is 9.81. The van der Waals surface area contributed by atoms with Crippen LogP contribution in [0.4, 0.5) is 10.1 Å². The molecule has 3 fully saturated rings. The van der Waals surface area contributed by atoms with Crippen molar-refractivity contribution < 1.29 is 18.7 Å². The van der Waals surface area contributed by atoms with Crippen LogP contribution in [0.5, 0.6) is 0 Å². The number of hydrogen-bond acceptors (Lipinski definition) is 5.